The van der Waals surface area contributed by atoms with Crippen molar-refractivity contribution in [1.29, 1.82) is 0 Å². The van der Waals surface area contributed by atoms with Crippen molar-refractivity contribution in [1.82, 2.24) is 18.7 Å². The van der Waals surface area contributed by atoms with E-state index < -0.39 is 11.2 Å². The molecule has 0 aliphatic rings. The van der Waals surface area contributed by atoms with Crippen LogP contribution in [0.5, 0.6) is 6.01 Å². The lowest BCUT2D eigenvalue weighted by atomic mass is 10.2. The maximum Gasteiger partial charge on any atom is 0.332 e. The van der Waals surface area contributed by atoms with E-state index in [0.29, 0.717) is 17.3 Å². The number of imidazole rings is 1. The van der Waals surface area contributed by atoms with Crippen molar-refractivity contribution < 1.29 is 9.15 Å². The summed E-state index contributed by atoms with van der Waals surface area (Å²) in [5, 5.41) is 0.617. The molecule has 1 aromatic carbocycles. The van der Waals surface area contributed by atoms with Crippen LogP contribution < -0.4 is 16.0 Å². The monoisotopic (exact) mass is 400 g/mol. The molecule has 0 atom stereocenters. The molecule has 0 unspecified atom stereocenters. The molecular formula is C19H17ClN4O4. The summed E-state index contributed by atoms with van der Waals surface area (Å²) in [5.74, 6) is 0.617. The summed E-state index contributed by atoms with van der Waals surface area (Å²) in [5.41, 5.74) is 0.562. The smallest absolute Gasteiger partial charge is 0.332 e. The Bertz CT molecular complexity index is 1250. The van der Waals surface area contributed by atoms with Crippen molar-refractivity contribution in [3.63, 3.8) is 0 Å². The minimum Gasteiger partial charge on any atom is -0.466 e. The summed E-state index contributed by atoms with van der Waals surface area (Å²) in [6.45, 7) is 0.472. The quantitative estimate of drug-likeness (QED) is 0.513. The Labute approximate surface area is 164 Å². The molecule has 3 heterocycles. The zero-order chi connectivity index (χ0) is 19.8. The van der Waals surface area contributed by atoms with Crippen molar-refractivity contribution >= 4 is 22.8 Å². The molecule has 0 spiro atoms. The minimum absolute atomic E-state index is 0.144. The Hall–Kier alpha value is -3.26. The van der Waals surface area contributed by atoms with Crippen molar-refractivity contribution in [3.05, 3.63) is 79.8 Å². The van der Waals surface area contributed by atoms with E-state index in [2.05, 4.69) is 4.98 Å². The second-order valence-corrected chi connectivity index (χ2v) is 6.79. The van der Waals surface area contributed by atoms with Gasteiger partial charge in [0.1, 0.15) is 12.4 Å². The number of fused-ring (bicyclic) bond motifs is 1. The summed E-state index contributed by atoms with van der Waals surface area (Å²) < 4.78 is 15.1. The fourth-order valence-corrected chi connectivity index (χ4v) is 3.11. The average Bonchev–Trinajstić information content (AvgIpc) is 3.33. The van der Waals surface area contributed by atoms with Gasteiger partial charge in [-0.05, 0) is 29.8 Å². The van der Waals surface area contributed by atoms with Gasteiger partial charge in [-0.25, -0.2) is 4.79 Å². The standard InChI is InChI=1S/C19H17ClN4O4/c1-22-16-15(17(25)23(2)19(22)26)24(10-12-5-7-13(20)8-6-12)18(21-16)28-11-14-4-3-9-27-14/h3-9H,10-11H2,1-2H3. The Balaban J connectivity index is 1.87. The lowest BCUT2D eigenvalue weighted by Crippen LogP contribution is -2.37. The van der Waals surface area contributed by atoms with Gasteiger partial charge in [0.05, 0.1) is 12.8 Å². The highest BCUT2D eigenvalue weighted by Gasteiger charge is 2.20. The van der Waals surface area contributed by atoms with Crippen LogP contribution in [0.3, 0.4) is 0 Å². The van der Waals surface area contributed by atoms with Gasteiger partial charge in [-0.2, -0.15) is 4.98 Å². The summed E-state index contributed by atoms with van der Waals surface area (Å²) >= 11 is 5.97. The van der Waals surface area contributed by atoms with E-state index in [1.165, 1.54) is 11.6 Å². The number of ether oxygens (including phenoxy) is 1. The van der Waals surface area contributed by atoms with Gasteiger partial charge >= 0.3 is 5.69 Å². The molecule has 0 aliphatic heterocycles. The normalized spacial score (nSPS) is 11.2. The first-order valence-corrected chi connectivity index (χ1v) is 8.89. The Morgan fingerprint density at radius 2 is 1.86 bits per heavy atom. The second kappa shape index (κ2) is 7.05. The van der Waals surface area contributed by atoms with Crippen LogP contribution in [0.2, 0.25) is 5.02 Å². The number of aromatic nitrogens is 4. The molecule has 28 heavy (non-hydrogen) atoms. The van der Waals surface area contributed by atoms with Gasteiger partial charge in [-0.1, -0.05) is 23.7 Å². The van der Waals surface area contributed by atoms with Gasteiger partial charge in [0.2, 0.25) is 0 Å². The molecule has 0 bridgehead atoms. The SMILES string of the molecule is Cn1c(=O)c2c(nc(OCc3ccco3)n2Cc2ccc(Cl)cc2)n(C)c1=O. The van der Waals surface area contributed by atoms with Gasteiger partial charge in [0, 0.05) is 19.1 Å². The molecule has 0 saturated heterocycles. The summed E-state index contributed by atoms with van der Waals surface area (Å²) in [7, 11) is 3.01. The lowest BCUT2D eigenvalue weighted by Gasteiger charge is -2.10. The van der Waals surface area contributed by atoms with Crippen molar-refractivity contribution in [3.8, 4) is 6.01 Å². The molecule has 0 aliphatic carbocycles. The molecule has 0 saturated carbocycles. The molecule has 9 heteroatoms. The molecule has 0 fully saturated rings. The van der Waals surface area contributed by atoms with E-state index in [1.54, 1.807) is 42.1 Å². The Morgan fingerprint density at radius 1 is 1.11 bits per heavy atom. The fraction of sp³-hybridized carbons (Fsp3) is 0.211. The number of benzene rings is 1. The first kappa shape index (κ1) is 18.1. The third-order valence-corrected chi connectivity index (χ3v) is 4.74. The number of aryl methyl sites for hydroxylation is 1. The molecule has 4 aromatic rings. The first-order chi connectivity index (χ1) is 13.5. The zero-order valence-corrected chi connectivity index (χ0v) is 16.0. The van der Waals surface area contributed by atoms with Crippen molar-refractivity contribution in [2.75, 3.05) is 0 Å². The topological polar surface area (TPSA) is 84.2 Å². The summed E-state index contributed by atoms with van der Waals surface area (Å²) in [4.78, 5) is 29.5. The molecule has 3 aromatic heterocycles. The van der Waals surface area contributed by atoms with Crippen LogP contribution in [0.25, 0.3) is 11.2 Å². The number of hydrogen-bond acceptors (Lipinski definition) is 5. The van der Waals surface area contributed by atoms with E-state index in [0.717, 1.165) is 10.1 Å². The number of hydrogen-bond donors (Lipinski definition) is 0. The van der Waals surface area contributed by atoms with Crippen LogP contribution in [-0.4, -0.2) is 18.7 Å². The van der Waals surface area contributed by atoms with Crippen LogP contribution in [0, 0.1) is 0 Å². The average molecular weight is 401 g/mol. The lowest BCUT2D eigenvalue weighted by molar-refractivity contribution is 0.242. The number of rotatable bonds is 5. The molecule has 0 radical (unpaired) electrons. The predicted molar refractivity (Wildman–Crippen MR) is 104 cm³/mol. The highest BCUT2D eigenvalue weighted by Crippen LogP contribution is 2.21. The van der Waals surface area contributed by atoms with Gasteiger partial charge < -0.3 is 9.15 Å². The Kier molecular flexibility index (Phi) is 4.56. The number of halogens is 1. The molecular weight excluding hydrogens is 384 g/mol. The zero-order valence-electron chi connectivity index (χ0n) is 15.3. The van der Waals surface area contributed by atoms with Crippen LogP contribution in [-0.2, 0) is 27.2 Å². The van der Waals surface area contributed by atoms with Gasteiger partial charge in [0.25, 0.3) is 11.6 Å². The molecule has 144 valence electrons. The minimum atomic E-state index is -0.453. The van der Waals surface area contributed by atoms with E-state index in [-0.39, 0.29) is 23.8 Å². The summed E-state index contributed by atoms with van der Waals surface area (Å²) in [6, 6.07) is 11.0. The predicted octanol–water partition coefficient (Wildman–Crippen LogP) is 2.31. The molecule has 0 amide bonds. The van der Waals surface area contributed by atoms with Gasteiger partial charge in [-0.3, -0.25) is 18.5 Å². The third-order valence-electron chi connectivity index (χ3n) is 4.49. The van der Waals surface area contributed by atoms with E-state index >= 15 is 0 Å². The molecule has 0 N–H and O–H groups in total. The van der Waals surface area contributed by atoms with Crippen molar-refractivity contribution in [2.24, 2.45) is 14.1 Å². The van der Waals surface area contributed by atoms with Gasteiger partial charge in [0.15, 0.2) is 11.2 Å². The Morgan fingerprint density at radius 3 is 2.54 bits per heavy atom. The first-order valence-electron chi connectivity index (χ1n) is 8.51. The molecule has 4 rings (SSSR count). The largest absolute Gasteiger partial charge is 0.466 e. The van der Waals surface area contributed by atoms with E-state index in [1.807, 2.05) is 12.1 Å². The summed E-state index contributed by atoms with van der Waals surface area (Å²) in [6.07, 6.45) is 1.55. The molecule has 8 nitrogen and oxygen atoms in total. The van der Waals surface area contributed by atoms with Crippen LogP contribution in [0.1, 0.15) is 11.3 Å². The maximum absolute atomic E-state index is 12.8. The number of nitrogens with zero attached hydrogens (tertiary/aromatic N) is 4. The van der Waals surface area contributed by atoms with Gasteiger partial charge in [-0.15, -0.1) is 0 Å². The van der Waals surface area contributed by atoms with Crippen LogP contribution in [0.4, 0.5) is 0 Å². The fourth-order valence-electron chi connectivity index (χ4n) is 2.99. The van der Waals surface area contributed by atoms with E-state index in [9.17, 15) is 9.59 Å². The maximum atomic E-state index is 12.8. The number of furan rings is 1. The van der Waals surface area contributed by atoms with Crippen LogP contribution in [0.15, 0.2) is 56.7 Å². The highest BCUT2D eigenvalue weighted by molar-refractivity contribution is 6.30. The van der Waals surface area contributed by atoms with E-state index in [4.69, 9.17) is 20.8 Å². The second-order valence-electron chi connectivity index (χ2n) is 6.35. The third kappa shape index (κ3) is 3.11. The van der Waals surface area contributed by atoms with Crippen LogP contribution >= 0.6 is 11.6 Å². The highest BCUT2D eigenvalue weighted by atomic mass is 35.5. The van der Waals surface area contributed by atoms with Crippen molar-refractivity contribution in [2.45, 2.75) is 13.2 Å².